The van der Waals surface area contributed by atoms with Crippen molar-refractivity contribution in [1.29, 1.82) is 0 Å². The van der Waals surface area contributed by atoms with Gasteiger partial charge >= 0.3 is 5.97 Å². The molecule has 0 saturated heterocycles. The number of carbonyl (C=O) groups is 1. The fourth-order valence-electron chi connectivity index (χ4n) is 1.52. The predicted molar refractivity (Wildman–Crippen MR) is 62.0 cm³/mol. The summed E-state index contributed by atoms with van der Waals surface area (Å²) in [5.41, 5.74) is 0.739. The molecule has 1 heterocycles. The summed E-state index contributed by atoms with van der Waals surface area (Å²) in [5, 5.41) is 17.2. The van der Waals surface area contributed by atoms with E-state index < -0.39 is 10.9 Å². The van der Waals surface area contributed by atoms with Crippen LogP contribution in [0.5, 0.6) is 0 Å². The highest BCUT2D eigenvalue weighted by molar-refractivity contribution is 5.89. The van der Waals surface area contributed by atoms with Gasteiger partial charge in [0, 0.05) is 6.07 Å². The van der Waals surface area contributed by atoms with Gasteiger partial charge in [0.15, 0.2) is 0 Å². The van der Waals surface area contributed by atoms with E-state index in [1.165, 1.54) is 19.2 Å². The van der Waals surface area contributed by atoms with Crippen LogP contribution in [0.3, 0.4) is 0 Å². The van der Waals surface area contributed by atoms with Crippen LogP contribution in [0, 0.1) is 10.1 Å². The lowest BCUT2D eigenvalue weighted by Gasteiger charge is -1.97. The Kier molecular flexibility index (Phi) is 3.05. The van der Waals surface area contributed by atoms with Crippen molar-refractivity contribution < 1.29 is 14.5 Å². The van der Waals surface area contributed by atoms with E-state index in [0.717, 1.165) is 0 Å². The summed E-state index contributed by atoms with van der Waals surface area (Å²) < 4.78 is 4.52. The van der Waals surface area contributed by atoms with E-state index in [1.807, 2.05) is 0 Å². The predicted octanol–water partition coefficient (Wildman–Crippen LogP) is 1.77. The SMILES string of the molecule is COC(=O)c1cc(-c2ccccc2[N+](=O)[O-])n[nH]1. The third kappa shape index (κ3) is 2.05. The fraction of sp³-hybridized carbons (Fsp3) is 0.0909. The molecule has 1 N–H and O–H groups in total. The molecule has 0 fully saturated rings. The van der Waals surface area contributed by atoms with Gasteiger partial charge in [-0.15, -0.1) is 0 Å². The molecule has 0 aliphatic heterocycles. The number of hydrogen-bond acceptors (Lipinski definition) is 5. The van der Waals surface area contributed by atoms with Crippen LogP contribution in [0.25, 0.3) is 11.3 Å². The minimum atomic E-state index is -0.577. The first-order chi connectivity index (χ1) is 8.63. The largest absolute Gasteiger partial charge is 0.464 e. The molecule has 0 atom stereocenters. The van der Waals surface area contributed by atoms with Crippen molar-refractivity contribution >= 4 is 11.7 Å². The molecule has 0 bridgehead atoms. The Morgan fingerprint density at radius 3 is 2.83 bits per heavy atom. The second-order valence-electron chi connectivity index (χ2n) is 3.43. The molecule has 0 saturated carbocycles. The average molecular weight is 247 g/mol. The van der Waals surface area contributed by atoms with E-state index in [0.29, 0.717) is 11.3 Å². The number of ether oxygens (including phenoxy) is 1. The Morgan fingerprint density at radius 1 is 1.44 bits per heavy atom. The number of aromatic nitrogens is 2. The molecular formula is C11H9N3O4. The van der Waals surface area contributed by atoms with Gasteiger partial charge < -0.3 is 4.74 Å². The molecule has 1 aromatic heterocycles. The highest BCUT2D eigenvalue weighted by Gasteiger charge is 2.18. The van der Waals surface area contributed by atoms with Crippen LogP contribution in [0.4, 0.5) is 5.69 Å². The van der Waals surface area contributed by atoms with Gasteiger partial charge in [0.05, 0.1) is 23.3 Å². The van der Waals surface area contributed by atoms with Crippen molar-refractivity contribution in [3.8, 4) is 11.3 Å². The van der Waals surface area contributed by atoms with E-state index in [1.54, 1.807) is 18.2 Å². The van der Waals surface area contributed by atoms with Crippen LogP contribution < -0.4 is 0 Å². The molecule has 2 aromatic rings. The Balaban J connectivity index is 2.46. The molecule has 0 radical (unpaired) electrons. The van der Waals surface area contributed by atoms with Gasteiger partial charge in [-0.3, -0.25) is 15.2 Å². The lowest BCUT2D eigenvalue weighted by Crippen LogP contribution is -2.00. The monoisotopic (exact) mass is 247 g/mol. The molecule has 92 valence electrons. The zero-order chi connectivity index (χ0) is 13.1. The number of benzene rings is 1. The second kappa shape index (κ2) is 4.66. The Hall–Kier alpha value is -2.70. The van der Waals surface area contributed by atoms with Crippen LogP contribution in [0.2, 0.25) is 0 Å². The number of rotatable bonds is 3. The number of hydrogen-bond donors (Lipinski definition) is 1. The van der Waals surface area contributed by atoms with E-state index in [4.69, 9.17) is 0 Å². The van der Waals surface area contributed by atoms with Gasteiger partial charge in [0.1, 0.15) is 5.69 Å². The highest BCUT2D eigenvalue weighted by atomic mass is 16.6. The molecular weight excluding hydrogens is 238 g/mol. The van der Waals surface area contributed by atoms with Gasteiger partial charge in [-0.05, 0) is 12.1 Å². The first kappa shape index (κ1) is 11.8. The van der Waals surface area contributed by atoms with Gasteiger partial charge in [-0.2, -0.15) is 5.10 Å². The molecule has 7 heteroatoms. The molecule has 1 aromatic carbocycles. The quantitative estimate of drug-likeness (QED) is 0.506. The van der Waals surface area contributed by atoms with E-state index in [2.05, 4.69) is 14.9 Å². The molecule has 0 unspecified atom stereocenters. The molecule has 0 amide bonds. The Morgan fingerprint density at radius 2 is 2.17 bits per heavy atom. The maximum Gasteiger partial charge on any atom is 0.356 e. The van der Waals surface area contributed by atoms with Gasteiger partial charge in [0.25, 0.3) is 5.69 Å². The zero-order valence-corrected chi connectivity index (χ0v) is 9.41. The smallest absolute Gasteiger partial charge is 0.356 e. The zero-order valence-electron chi connectivity index (χ0n) is 9.41. The number of aromatic amines is 1. The molecule has 0 spiro atoms. The summed E-state index contributed by atoms with van der Waals surface area (Å²) in [6.07, 6.45) is 0. The topological polar surface area (TPSA) is 98.1 Å². The van der Waals surface area contributed by atoms with Crippen LogP contribution >= 0.6 is 0 Å². The fourth-order valence-corrected chi connectivity index (χ4v) is 1.52. The number of carbonyl (C=O) groups excluding carboxylic acids is 1. The minimum Gasteiger partial charge on any atom is -0.464 e. The molecule has 2 rings (SSSR count). The maximum absolute atomic E-state index is 11.2. The number of H-pyrrole nitrogens is 1. The summed E-state index contributed by atoms with van der Waals surface area (Å²) in [7, 11) is 1.24. The minimum absolute atomic E-state index is 0.0691. The summed E-state index contributed by atoms with van der Waals surface area (Å²) in [6, 6.07) is 7.58. The number of nitro benzene ring substituents is 1. The first-order valence-corrected chi connectivity index (χ1v) is 5.01. The Labute approximate surface area is 102 Å². The van der Waals surface area contributed by atoms with E-state index in [-0.39, 0.29) is 11.4 Å². The highest BCUT2D eigenvalue weighted by Crippen LogP contribution is 2.28. The normalized spacial score (nSPS) is 10.1. The van der Waals surface area contributed by atoms with Crippen molar-refractivity contribution in [3.63, 3.8) is 0 Å². The number of methoxy groups -OCH3 is 1. The maximum atomic E-state index is 11.2. The number of nitrogens with one attached hydrogen (secondary N) is 1. The molecule has 0 aliphatic carbocycles. The van der Waals surface area contributed by atoms with Crippen LogP contribution in [-0.4, -0.2) is 28.2 Å². The summed E-state index contributed by atoms with van der Waals surface area (Å²) in [5.74, 6) is -0.577. The standard InChI is InChI=1S/C11H9N3O4/c1-18-11(15)9-6-8(12-13-9)7-4-2-3-5-10(7)14(16)17/h2-6H,1H3,(H,12,13). The van der Waals surface area contributed by atoms with Crippen molar-refractivity contribution in [2.24, 2.45) is 0 Å². The second-order valence-corrected chi connectivity index (χ2v) is 3.43. The average Bonchev–Trinajstić information content (AvgIpc) is 2.87. The third-order valence-corrected chi connectivity index (χ3v) is 2.36. The Bertz CT molecular complexity index is 606. The van der Waals surface area contributed by atoms with Gasteiger partial charge in [-0.25, -0.2) is 4.79 Å². The number of esters is 1. The molecule has 7 nitrogen and oxygen atoms in total. The summed E-state index contributed by atoms with van der Waals surface area (Å²) >= 11 is 0. The lowest BCUT2D eigenvalue weighted by atomic mass is 10.1. The van der Waals surface area contributed by atoms with E-state index in [9.17, 15) is 14.9 Å². The third-order valence-electron chi connectivity index (χ3n) is 2.36. The van der Waals surface area contributed by atoms with Crippen molar-refractivity contribution in [3.05, 3.63) is 46.1 Å². The first-order valence-electron chi connectivity index (χ1n) is 5.01. The van der Waals surface area contributed by atoms with Crippen molar-refractivity contribution in [2.75, 3.05) is 7.11 Å². The number of para-hydroxylation sites is 1. The summed E-state index contributed by atoms with van der Waals surface area (Å²) in [6.45, 7) is 0. The van der Waals surface area contributed by atoms with Crippen LogP contribution in [0.1, 0.15) is 10.5 Å². The van der Waals surface area contributed by atoms with Gasteiger partial charge in [0.2, 0.25) is 0 Å². The van der Waals surface area contributed by atoms with Crippen molar-refractivity contribution in [1.82, 2.24) is 10.2 Å². The molecule has 0 aliphatic rings. The van der Waals surface area contributed by atoms with Gasteiger partial charge in [-0.1, -0.05) is 12.1 Å². The number of nitrogens with zero attached hydrogens (tertiary/aromatic N) is 2. The van der Waals surface area contributed by atoms with Crippen LogP contribution in [0.15, 0.2) is 30.3 Å². The van der Waals surface area contributed by atoms with Crippen LogP contribution in [-0.2, 0) is 4.74 Å². The van der Waals surface area contributed by atoms with Crippen molar-refractivity contribution in [2.45, 2.75) is 0 Å². The molecule has 18 heavy (non-hydrogen) atoms. The van der Waals surface area contributed by atoms with E-state index >= 15 is 0 Å². The number of nitro groups is 1. The summed E-state index contributed by atoms with van der Waals surface area (Å²) in [4.78, 5) is 21.6. The lowest BCUT2D eigenvalue weighted by molar-refractivity contribution is -0.384.